The summed E-state index contributed by atoms with van der Waals surface area (Å²) in [6, 6.07) is 17.2. The molecule has 21 heavy (non-hydrogen) atoms. The molecule has 3 heteroatoms. The molecule has 0 aliphatic heterocycles. The summed E-state index contributed by atoms with van der Waals surface area (Å²) >= 11 is 3.57. The molecule has 0 fully saturated rings. The van der Waals surface area contributed by atoms with Gasteiger partial charge < -0.3 is 10.7 Å². The van der Waals surface area contributed by atoms with Crippen molar-refractivity contribution in [3.63, 3.8) is 0 Å². The van der Waals surface area contributed by atoms with Gasteiger partial charge in [0.25, 0.3) is 0 Å². The molecular weight excluding hydrogens is 324 g/mol. The van der Waals surface area contributed by atoms with Gasteiger partial charge in [-0.05, 0) is 48.1 Å². The number of hydrogen-bond donors (Lipinski definition) is 2. The molecular formula is C18H17BrN2. The molecule has 0 bridgehead atoms. The summed E-state index contributed by atoms with van der Waals surface area (Å²) in [7, 11) is 0. The standard InChI is InChI=1S/C18H17BrN2/c19-13-6-7-17-14(10-13)15-8-12(9-16(20)18(15)21-17)11-4-2-1-3-5-11/h1-7,10,12,16,21H,8-9,20H2. The Labute approximate surface area is 132 Å². The van der Waals surface area contributed by atoms with Crippen LogP contribution in [0.1, 0.15) is 35.2 Å². The molecule has 0 saturated carbocycles. The maximum absolute atomic E-state index is 6.43. The van der Waals surface area contributed by atoms with Crippen LogP contribution >= 0.6 is 15.9 Å². The third kappa shape index (κ3) is 2.21. The lowest BCUT2D eigenvalue weighted by Crippen LogP contribution is -2.22. The van der Waals surface area contributed by atoms with Crippen LogP contribution in [0.4, 0.5) is 0 Å². The summed E-state index contributed by atoms with van der Waals surface area (Å²) in [5.74, 6) is 0.506. The van der Waals surface area contributed by atoms with E-state index in [9.17, 15) is 0 Å². The first-order valence-corrected chi connectivity index (χ1v) is 8.12. The molecule has 0 spiro atoms. The van der Waals surface area contributed by atoms with Crippen LogP contribution in [0, 0.1) is 0 Å². The predicted octanol–water partition coefficient (Wildman–Crippen LogP) is 4.66. The fourth-order valence-corrected chi connectivity index (χ4v) is 3.87. The van der Waals surface area contributed by atoms with E-state index in [4.69, 9.17) is 5.73 Å². The number of benzene rings is 2. The normalized spacial score (nSPS) is 21.4. The van der Waals surface area contributed by atoms with Crippen molar-refractivity contribution in [2.24, 2.45) is 5.73 Å². The van der Waals surface area contributed by atoms with E-state index in [0.29, 0.717) is 5.92 Å². The molecule has 3 aromatic rings. The first-order chi connectivity index (χ1) is 10.2. The second kappa shape index (κ2) is 5.00. The molecule has 1 aliphatic rings. The molecule has 0 radical (unpaired) electrons. The minimum atomic E-state index is 0.0881. The number of fused-ring (bicyclic) bond motifs is 3. The number of aromatic amines is 1. The fourth-order valence-electron chi connectivity index (χ4n) is 3.51. The van der Waals surface area contributed by atoms with Gasteiger partial charge in [0.15, 0.2) is 0 Å². The van der Waals surface area contributed by atoms with Crippen molar-refractivity contribution in [3.05, 3.63) is 69.8 Å². The lowest BCUT2D eigenvalue weighted by molar-refractivity contribution is 0.498. The Morgan fingerprint density at radius 1 is 1.10 bits per heavy atom. The highest BCUT2D eigenvalue weighted by atomic mass is 79.9. The van der Waals surface area contributed by atoms with Crippen LogP contribution in [0.3, 0.4) is 0 Å². The molecule has 4 rings (SSSR count). The summed E-state index contributed by atoms with van der Waals surface area (Å²) in [5, 5.41) is 1.30. The highest BCUT2D eigenvalue weighted by molar-refractivity contribution is 9.10. The summed E-state index contributed by atoms with van der Waals surface area (Å²) in [5.41, 5.74) is 11.6. The fraction of sp³-hybridized carbons (Fsp3) is 0.222. The minimum Gasteiger partial charge on any atom is -0.357 e. The zero-order valence-electron chi connectivity index (χ0n) is 11.6. The quantitative estimate of drug-likeness (QED) is 0.664. The van der Waals surface area contributed by atoms with E-state index in [2.05, 4.69) is 69.4 Å². The van der Waals surface area contributed by atoms with Crippen molar-refractivity contribution >= 4 is 26.8 Å². The van der Waals surface area contributed by atoms with Crippen LogP contribution in [-0.2, 0) is 6.42 Å². The smallest absolute Gasteiger partial charge is 0.0460 e. The van der Waals surface area contributed by atoms with Gasteiger partial charge >= 0.3 is 0 Å². The van der Waals surface area contributed by atoms with Crippen molar-refractivity contribution in [2.45, 2.75) is 24.8 Å². The molecule has 0 amide bonds. The molecule has 1 aromatic heterocycles. The van der Waals surface area contributed by atoms with Gasteiger partial charge in [-0.25, -0.2) is 0 Å². The largest absolute Gasteiger partial charge is 0.357 e. The maximum atomic E-state index is 6.43. The van der Waals surface area contributed by atoms with Crippen molar-refractivity contribution < 1.29 is 0 Å². The minimum absolute atomic E-state index is 0.0881. The number of nitrogens with two attached hydrogens (primary N) is 1. The molecule has 2 nitrogen and oxygen atoms in total. The Hall–Kier alpha value is -1.58. The van der Waals surface area contributed by atoms with Gasteiger partial charge in [-0.2, -0.15) is 0 Å². The van der Waals surface area contributed by atoms with Gasteiger partial charge in [-0.3, -0.25) is 0 Å². The van der Waals surface area contributed by atoms with Gasteiger partial charge in [0.05, 0.1) is 0 Å². The van der Waals surface area contributed by atoms with Crippen molar-refractivity contribution in [3.8, 4) is 0 Å². The van der Waals surface area contributed by atoms with E-state index < -0.39 is 0 Å². The number of nitrogens with one attached hydrogen (secondary N) is 1. The number of rotatable bonds is 1. The number of H-pyrrole nitrogens is 1. The molecule has 0 saturated heterocycles. The molecule has 1 heterocycles. The first-order valence-electron chi connectivity index (χ1n) is 7.33. The Morgan fingerprint density at radius 3 is 2.71 bits per heavy atom. The molecule has 106 valence electrons. The van der Waals surface area contributed by atoms with Crippen LogP contribution < -0.4 is 5.73 Å². The molecule has 1 aliphatic carbocycles. The van der Waals surface area contributed by atoms with Gasteiger partial charge in [0, 0.05) is 27.1 Å². The lowest BCUT2D eigenvalue weighted by atomic mass is 9.80. The third-order valence-corrected chi connectivity index (χ3v) is 5.03. The number of hydrogen-bond acceptors (Lipinski definition) is 1. The second-order valence-electron chi connectivity index (χ2n) is 5.86. The van der Waals surface area contributed by atoms with Crippen LogP contribution in [0.2, 0.25) is 0 Å². The summed E-state index contributed by atoms with van der Waals surface area (Å²) in [6.45, 7) is 0. The third-order valence-electron chi connectivity index (χ3n) is 4.53. The Kier molecular flexibility index (Phi) is 3.12. The zero-order valence-corrected chi connectivity index (χ0v) is 13.2. The highest BCUT2D eigenvalue weighted by Gasteiger charge is 2.28. The van der Waals surface area contributed by atoms with Crippen molar-refractivity contribution in [1.29, 1.82) is 0 Å². The number of aromatic nitrogens is 1. The summed E-state index contributed by atoms with van der Waals surface area (Å²) in [6.07, 6.45) is 2.06. The number of halogens is 1. The second-order valence-corrected chi connectivity index (χ2v) is 6.78. The average molecular weight is 341 g/mol. The topological polar surface area (TPSA) is 41.8 Å². The van der Waals surface area contributed by atoms with Gasteiger partial charge in [0.2, 0.25) is 0 Å². The summed E-state index contributed by atoms with van der Waals surface area (Å²) < 4.78 is 1.12. The summed E-state index contributed by atoms with van der Waals surface area (Å²) in [4.78, 5) is 3.52. The monoisotopic (exact) mass is 340 g/mol. The Bertz CT molecular complexity index is 792. The van der Waals surface area contributed by atoms with E-state index in [-0.39, 0.29) is 6.04 Å². The highest BCUT2D eigenvalue weighted by Crippen LogP contribution is 2.40. The first kappa shape index (κ1) is 13.1. The predicted molar refractivity (Wildman–Crippen MR) is 90.4 cm³/mol. The maximum Gasteiger partial charge on any atom is 0.0460 e. The Balaban J connectivity index is 1.83. The van der Waals surface area contributed by atoms with Crippen molar-refractivity contribution in [2.75, 3.05) is 0 Å². The molecule has 2 aromatic carbocycles. The van der Waals surface area contributed by atoms with Gasteiger partial charge in [0.1, 0.15) is 0 Å². The van der Waals surface area contributed by atoms with Crippen LogP contribution in [-0.4, -0.2) is 4.98 Å². The van der Waals surface area contributed by atoms with Crippen molar-refractivity contribution in [1.82, 2.24) is 4.98 Å². The van der Waals surface area contributed by atoms with E-state index >= 15 is 0 Å². The van der Waals surface area contributed by atoms with Gasteiger partial charge in [-0.1, -0.05) is 46.3 Å². The average Bonchev–Trinajstić information content (AvgIpc) is 2.87. The molecule has 2 atom stereocenters. The molecule has 2 unspecified atom stereocenters. The zero-order chi connectivity index (χ0) is 14.4. The lowest BCUT2D eigenvalue weighted by Gasteiger charge is -2.27. The van der Waals surface area contributed by atoms with E-state index in [1.54, 1.807) is 0 Å². The Morgan fingerprint density at radius 2 is 1.90 bits per heavy atom. The van der Waals surface area contributed by atoms with Crippen LogP contribution in [0.5, 0.6) is 0 Å². The van der Waals surface area contributed by atoms with E-state index in [0.717, 1.165) is 17.3 Å². The van der Waals surface area contributed by atoms with E-state index in [1.807, 2.05) is 0 Å². The van der Waals surface area contributed by atoms with Crippen LogP contribution in [0.15, 0.2) is 53.0 Å². The van der Waals surface area contributed by atoms with Gasteiger partial charge in [-0.15, -0.1) is 0 Å². The van der Waals surface area contributed by atoms with E-state index in [1.165, 1.54) is 27.7 Å². The van der Waals surface area contributed by atoms with Crippen LogP contribution in [0.25, 0.3) is 10.9 Å². The SMILES string of the molecule is NC1CC(c2ccccc2)Cc2c1[nH]c1ccc(Br)cc21. The molecule has 3 N–H and O–H groups in total.